The minimum absolute atomic E-state index is 0.623. The largest absolute Gasteiger partial charge is 0.436 e. The highest BCUT2D eigenvalue weighted by atomic mass is 16.3. The molecule has 0 N–H and O–H groups in total. The summed E-state index contributed by atoms with van der Waals surface area (Å²) >= 11 is 0. The summed E-state index contributed by atoms with van der Waals surface area (Å²) in [4.78, 5) is 8.71. The van der Waals surface area contributed by atoms with E-state index >= 15 is 0 Å². The SMILES string of the molecule is Cc1ccc2oc(-c3ccc(C)nc3)nc2c1. The molecule has 3 aromatic rings. The highest BCUT2D eigenvalue weighted by Gasteiger charge is 2.08. The minimum atomic E-state index is 0.623. The molecule has 0 fully saturated rings. The van der Waals surface area contributed by atoms with Gasteiger partial charge in [0, 0.05) is 11.9 Å². The van der Waals surface area contributed by atoms with Gasteiger partial charge >= 0.3 is 0 Å². The van der Waals surface area contributed by atoms with Crippen LogP contribution in [-0.4, -0.2) is 9.97 Å². The van der Waals surface area contributed by atoms with Gasteiger partial charge in [-0.2, -0.15) is 0 Å². The highest BCUT2D eigenvalue weighted by Crippen LogP contribution is 2.24. The van der Waals surface area contributed by atoms with Crippen molar-refractivity contribution < 1.29 is 4.42 Å². The Bertz CT molecular complexity index is 668. The second-order valence-electron chi connectivity index (χ2n) is 4.18. The molecule has 0 aliphatic heterocycles. The molecule has 3 rings (SSSR count). The zero-order chi connectivity index (χ0) is 11.8. The minimum Gasteiger partial charge on any atom is -0.436 e. The smallest absolute Gasteiger partial charge is 0.228 e. The lowest BCUT2D eigenvalue weighted by molar-refractivity contribution is 0.619. The zero-order valence-corrected chi connectivity index (χ0v) is 9.77. The third kappa shape index (κ3) is 1.80. The third-order valence-corrected chi connectivity index (χ3v) is 2.70. The molecule has 2 aromatic heterocycles. The summed E-state index contributed by atoms with van der Waals surface area (Å²) in [6, 6.07) is 9.91. The quantitative estimate of drug-likeness (QED) is 0.635. The van der Waals surface area contributed by atoms with Crippen molar-refractivity contribution in [2.45, 2.75) is 13.8 Å². The molecule has 3 nitrogen and oxygen atoms in total. The number of aromatic nitrogens is 2. The molecule has 3 heteroatoms. The van der Waals surface area contributed by atoms with E-state index in [2.05, 4.69) is 9.97 Å². The fraction of sp³-hybridized carbons (Fsp3) is 0.143. The van der Waals surface area contributed by atoms with E-state index in [0.717, 1.165) is 22.4 Å². The number of nitrogens with zero attached hydrogens (tertiary/aromatic N) is 2. The van der Waals surface area contributed by atoms with E-state index in [-0.39, 0.29) is 0 Å². The van der Waals surface area contributed by atoms with Crippen molar-refractivity contribution in [3.05, 3.63) is 47.8 Å². The van der Waals surface area contributed by atoms with Crippen LogP contribution in [0.1, 0.15) is 11.3 Å². The van der Waals surface area contributed by atoms with Crippen molar-refractivity contribution in [1.82, 2.24) is 9.97 Å². The molecular weight excluding hydrogens is 212 g/mol. The highest BCUT2D eigenvalue weighted by molar-refractivity contribution is 5.76. The molecule has 0 radical (unpaired) electrons. The maximum atomic E-state index is 5.70. The van der Waals surface area contributed by atoms with Gasteiger partial charge < -0.3 is 4.42 Å². The lowest BCUT2D eigenvalue weighted by Gasteiger charge is -1.94. The predicted molar refractivity (Wildman–Crippen MR) is 66.7 cm³/mol. The molecule has 0 aliphatic rings. The van der Waals surface area contributed by atoms with Crippen molar-refractivity contribution in [2.24, 2.45) is 0 Å². The van der Waals surface area contributed by atoms with Crippen LogP contribution in [0.15, 0.2) is 40.9 Å². The fourth-order valence-electron chi connectivity index (χ4n) is 1.76. The van der Waals surface area contributed by atoms with Gasteiger partial charge in [0.25, 0.3) is 0 Å². The van der Waals surface area contributed by atoms with Crippen molar-refractivity contribution in [2.75, 3.05) is 0 Å². The van der Waals surface area contributed by atoms with E-state index in [0.29, 0.717) is 5.89 Å². The van der Waals surface area contributed by atoms with Gasteiger partial charge in [0.05, 0.1) is 5.56 Å². The Morgan fingerprint density at radius 2 is 1.94 bits per heavy atom. The van der Waals surface area contributed by atoms with Crippen LogP contribution >= 0.6 is 0 Å². The zero-order valence-electron chi connectivity index (χ0n) is 9.77. The Morgan fingerprint density at radius 1 is 1.06 bits per heavy atom. The van der Waals surface area contributed by atoms with Crippen LogP contribution in [0.2, 0.25) is 0 Å². The molecule has 0 aliphatic carbocycles. The van der Waals surface area contributed by atoms with Crippen LogP contribution < -0.4 is 0 Å². The lowest BCUT2D eigenvalue weighted by Crippen LogP contribution is -1.82. The van der Waals surface area contributed by atoms with Crippen molar-refractivity contribution >= 4 is 11.1 Å². The Labute approximate surface area is 99.1 Å². The monoisotopic (exact) mass is 224 g/mol. The molecule has 0 bridgehead atoms. The van der Waals surface area contributed by atoms with Crippen molar-refractivity contribution in [3.63, 3.8) is 0 Å². The Balaban J connectivity index is 2.14. The van der Waals surface area contributed by atoms with Crippen LogP contribution in [0.25, 0.3) is 22.6 Å². The first-order chi connectivity index (χ1) is 8.22. The van der Waals surface area contributed by atoms with E-state index in [9.17, 15) is 0 Å². The van der Waals surface area contributed by atoms with Gasteiger partial charge in [-0.1, -0.05) is 6.07 Å². The molecule has 0 amide bonds. The molecular formula is C14H12N2O. The number of rotatable bonds is 1. The van der Waals surface area contributed by atoms with Gasteiger partial charge in [-0.05, 0) is 43.7 Å². The van der Waals surface area contributed by atoms with Crippen molar-refractivity contribution in [1.29, 1.82) is 0 Å². The Morgan fingerprint density at radius 3 is 2.71 bits per heavy atom. The predicted octanol–water partition coefficient (Wildman–Crippen LogP) is 3.51. The van der Waals surface area contributed by atoms with E-state index in [1.807, 2.05) is 44.2 Å². The second kappa shape index (κ2) is 3.70. The third-order valence-electron chi connectivity index (χ3n) is 2.70. The number of hydrogen-bond acceptors (Lipinski definition) is 3. The summed E-state index contributed by atoms with van der Waals surface area (Å²) < 4.78 is 5.70. The summed E-state index contributed by atoms with van der Waals surface area (Å²) in [6.07, 6.45) is 1.78. The number of fused-ring (bicyclic) bond motifs is 1. The normalized spacial score (nSPS) is 10.9. The van der Waals surface area contributed by atoms with E-state index in [4.69, 9.17) is 4.42 Å². The molecule has 2 heterocycles. The second-order valence-corrected chi connectivity index (χ2v) is 4.18. The Kier molecular flexibility index (Phi) is 2.18. The molecule has 1 aromatic carbocycles. The molecule has 0 unspecified atom stereocenters. The molecule has 0 saturated carbocycles. The fourth-order valence-corrected chi connectivity index (χ4v) is 1.76. The molecule has 17 heavy (non-hydrogen) atoms. The number of aryl methyl sites for hydroxylation is 2. The first-order valence-corrected chi connectivity index (χ1v) is 5.52. The first kappa shape index (κ1) is 10.0. The van der Waals surface area contributed by atoms with Crippen LogP contribution in [0.4, 0.5) is 0 Å². The van der Waals surface area contributed by atoms with Gasteiger partial charge in [0.2, 0.25) is 5.89 Å². The van der Waals surface area contributed by atoms with E-state index in [1.54, 1.807) is 6.20 Å². The molecule has 0 atom stereocenters. The molecule has 0 spiro atoms. The Hall–Kier alpha value is -2.16. The summed E-state index contributed by atoms with van der Waals surface area (Å²) in [5.41, 5.74) is 4.77. The first-order valence-electron chi connectivity index (χ1n) is 5.52. The van der Waals surface area contributed by atoms with Crippen LogP contribution in [0.3, 0.4) is 0 Å². The van der Waals surface area contributed by atoms with Crippen LogP contribution in [0.5, 0.6) is 0 Å². The standard InChI is InChI=1S/C14H12N2O/c1-9-3-6-13-12(7-9)16-14(17-13)11-5-4-10(2)15-8-11/h3-8H,1-2H3. The van der Waals surface area contributed by atoms with Gasteiger partial charge in [0.15, 0.2) is 5.58 Å². The summed E-state index contributed by atoms with van der Waals surface area (Å²) in [7, 11) is 0. The van der Waals surface area contributed by atoms with Crippen molar-refractivity contribution in [3.8, 4) is 11.5 Å². The molecule has 84 valence electrons. The number of oxazole rings is 1. The lowest BCUT2D eigenvalue weighted by atomic mass is 10.2. The van der Waals surface area contributed by atoms with Gasteiger partial charge in [-0.3, -0.25) is 4.98 Å². The van der Waals surface area contributed by atoms with Gasteiger partial charge in [-0.15, -0.1) is 0 Å². The van der Waals surface area contributed by atoms with Crippen LogP contribution in [-0.2, 0) is 0 Å². The van der Waals surface area contributed by atoms with E-state index < -0.39 is 0 Å². The van der Waals surface area contributed by atoms with Gasteiger partial charge in [0.1, 0.15) is 5.52 Å². The summed E-state index contributed by atoms with van der Waals surface area (Å²) in [5.74, 6) is 0.623. The van der Waals surface area contributed by atoms with Gasteiger partial charge in [-0.25, -0.2) is 4.98 Å². The van der Waals surface area contributed by atoms with Crippen LogP contribution in [0, 0.1) is 13.8 Å². The molecule has 0 saturated heterocycles. The summed E-state index contributed by atoms with van der Waals surface area (Å²) in [6.45, 7) is 4.00. The number of hydrogen-bond donors (Lipinski definition) is 0. The number of benzene rings is 1. The average Bonchev–Trinajstić information content (AvgIpc) is 2.72. The summed E-state index contributed by atoms with van der Waals surface area (Å²) in [5, 5.41) is 0. The topological polar surface area (TPSA) is 38.9 Å². The average molecular weight is 224 g/mol. The van der Waals surface area contributed by atoms with E-state index in [1.165, 1.54) is 5.56 Å². The maximum absolute atomic E-state index is 5.70. The maximum Gasteiger partial charge on any atom is 0.228 e. The number of pyridine rings is 1.